The molecular weight excluding hydrogens is 356 g/mol. The standard InChI is InChI=1S/C18H19BrN2O2/c1-18(2,3)16-11-14(12-6-4-7-13(19)10-12)21(20-16)17(22)15-8-5-9-23-15/h4-10,14H,11H2,1-3H3/t14-/m1/s1. The Labute approximate surface area is 144 Å². The molecule has 5 heteroatoms. The molecule has 0 saturated carbocycles. The zero-order valence-corrected chi connectivity index (χ0v) is 15.0. The van der Waals surface area contributed by atoms with E-state index in [1.54, 1.807) is 17.1 Å². The maximum Gasteiger partial charge on any atom is 0.310 e. The quantitative estimate of drug-likeness (QED) is 0.739. The molecule has 0 N–H and O–H groups in total. The summed E-state index contributed by atoms with van der Waals surface area (Å²) in [7, 11) is 0. The topological polar surface area (TPSA) is 45.8 Å². The Morgan fingerprint density at radius 3 is 2.70 bits per heavy atom. The number of carbonyl (C=O) groups excluding carboxylic acids is 1. The Hall–Kier alpha value is -1.88. The maximum absolute atomic E-state index is 12.8. The van der Waals surface area contributed by atoms with E-state index in [2.05, 4.69) is 41.8 Å². The van der Waals surface area contributed by atoms with Crippen molar-refractivity contribution in [3.8, 4) is 0 Å². The van der Waals surface area contributed by atoms with Crippen LogP contribution >= 0.6 is 15.9 Å². The predicted octanol–water partition coefficient (Wildman–Crippen LogP) is 5.03. The van der Waals surface area contributed by atoms with E-state index >= 15 is 0 Å². The summed E-state index contributed by atoms with van der Waals surface area (Å²) >= 11 is 3.50. The smallest absolute Gasteiger partial charge is 0.310 e. The summed E-state index contributed by atoms with van der Waals surface area (Å²) in [6, 6.07) is 11.3. The van der Waals surface area contributed by atoms with Gasteiger partial charge in [-0.05, 0) is 29.8 Å². The normalized spacial score (nSPS) is 18.2. The molecule has 0 radical (unpaired) electrons. The van der Waals surface area contributed by atoms with Gasteiger partial charge in [0, 0.05) is 22.0 Å². The van der Waals surface area contributed by atoms with Crippen molar-refractivity contribution in [2.75, 3.05) is 0 Å². The SMILES string of the molecule is CC(C)(C)C1=NN(C(=O)c2ccco2)[C@@H](c2cccc(Br)c2)C1. The van der Waals surface area contributed by atoms with Gasteiger partial charge in [-0.3, -0.25) is 4.79 Å². The molecule has 23 heavy (non-hydrogen) atoms. The van der Waals surface area contributed by atoms with Crippen molar-refractivity contribution in [2.45, 2.75) is 33.2 Å². The number of furan rings is 1. The number of halogens is 1. The first-order valence-electron chi connectivity index (χ1n) is 7.57. The van der Waals surface area contributed by atoms with Gasteiger partial charge >= 0.3 is 5.91 Å². The molecule has 0 aliphatic carbocycles. The summed E-state index contributed by atoms with van der Waals surface area (Å²) in [6.07, 6.45) is 2.23. The third kappa shape index (κ3) is 3.24. The molecule has 1 amide bonds. The van der Waals surface area contributed by atoms with E-state index in [1.165, 1.54) is 6.26 Å². The maximum atomic E-state index is 12.8. The minimum Gasteiger partial charge on any atom is -0.459 e. The van der Waals surface area contributed by atoms with Crippen LogP contribution in [-0.2, 0) is 0 Å². The Morgan fingerprint density at radius 2 is 2.09 bits per heavy atom. The van der Waals surface area contributed by atoms with E-state index in [9.17, 15) is 4.79 Å². The lowest BCUT2D eigenvalue weighted by molar-refractivity contribution is 0.0678. The van der Waals surface area contributed by atoms with Crippen molar-refractivity contribution in [3.63, 3.8) is 0 Å². The van der Waals surface area contributed by atoms with Crippen LogP contribution in [0.2, 0.25) is 0 Å². The molecule has 1 aromatic heterocycles. The minimum absolute atomic E-state index is 0.0809. The van der Waals surface area contributed by atoms with Crippen LogP contribution in [0.5, 0.6) is 0 Å². The molecule has 0 saturated heterocycles. The zero-order valence-electron chi connectivity index (χ0n) is 13.4. The van der Waals surface area contributed by atoms with Gasteiger partial charge in [-0.15, -0.1) is 0 Å². The van der Waals surface area contributed by atoms with E-state index in [0.717, 1.165) is 22.2 Å². The summed E-state index contributed by atoms with van der Waals surface area (Å²) in [6.45, 7) is 6.35. The van der Waals surface area contributed by atoms with Crippen molar-refractivity contribution in [1.29, 1.82) is 0 Å². The van der Waals surface area contributed by atoms with Crippen LogP contribution in [0.4, 0.5) is 0 Å². The van der Waals surface area contributed by atoms with E-state index in [4.69, 9.17) is 4.42 Å². The summed E-state index contributed by atoms with van der Waals surface area (Å²) in [5.41, 5.74) is 1.99. The molecule has 1 aromatic carbocycles. The number of nitrogens with zero attached hydrogens (tertiary/aromatic N) is 2. The largest absolute Gasteiger partial charge is 0.459 e. The number of hydrogen-bond acceptors (Lipinski definition) is 3. The van der Waals surface area contributed by atoms with Gasteiger partial charge in [0.05, 0.1) is 12.3 Å². The van der Waals surface area contributed by atoms with Gasteiger partial charge in [0.1, 0.15) is 0 Å². The molecule has 0 spiro atoms. The Kier molecular flexibility index (Phi) is 4.15. The van der Waals surface area contributed by atoms with E-state index < -0.39 is 0 Å². The van der Waals surface area contributed by atoms with Gasteiger partial charge in [0.25, 0.3) is 0 Å². The second-order valence-corrected chi connectivity index (χ2v) is 7.61. The molecule has 120 valence electrons. The van der Waals surface area contributed by atoms with Crippen molar-refractivity contribution >= 4 is 27.5 Å². The van der Waals surface area contributed by atoms with E-state index in [-0.39, 0.29) is 17.4 Å². The van der Waals surface area contributed by atoms with Crippen molar-refractivity contribution < 1.29 is 9.21 Å². The fraction of sp³-hybridized carbons (Fsp3) is 0.333. The van der Waals surface area contributed by atoms with Crippen molar-refractivity contribution in [3.05, 3.63) is 58.5 Å². The van der Waals surface area contributed by atoms with Gasteiger partial charge in [-0.2, -0.15) is 5.10 Å². The van der Waals surface area contributed by atoms with Gasteiger partial charge < -0.3 is 4.42 Å². The lowest BCUT2D eigenvalue weighted by Crippen LogP contribution is -2.26. The molecule has 0 unspecified atom stereocenters. The first kappa shape index (κ1) is 16.0. The highest BCUT2D eigenvalue weighted by atomic mass is 79.9. The zero-order chi connectivity index (χ0) is 16.6. The fourth-order valence-corrected chi connectivity index (χ4v) is 3.06. The molecule has 1 atom stereocenters. The minimum atomic E-state index is -0.209. The third-order valence-corrected chi connectivity index (χ3v) is 4.44. The van der Waals surface area contributed by atoms with Gasteiger partial charge in [-0.1, -0.05) is 48.8 Å². The van der Waals surface area contributed by atoms with Gasteiger partial charge in [-0.25, -0.2) is 5.01 Å². The summed E-state index contributed by atoms with van der Waals surface area (Å²) in [4.78, 5) is 12.8. The highest BCUT2D eigenvalue weighted by molar-refractivity contribution is 9.10. The Morgan fingerprint density at radius 1 is 1.30 bits per heavy atom. The molecule has 2 heterocycles. The van der Waals surface area contributed by atoms with Gasteiger partial charge in [0.15, 0.2) is 5.76 Å². The first-order chi connectivity index (χ1) is 10.9. The molecular formula is C18H19BrN2O2. The van der Waals surface area contributed by atoms with Gasteiger partial charge in [0.2, 0.25) is 0 Å². The van der Waals surface area contributed by atoms with Crippen LogP contribution in [0, 0.1) is 5.41 Å². The average Bonchev–Trinajstić information content (AvgIpc) is 3.15. The van der Waals surface area contributed by atoms with Crippen LogP contribution in [0.3, 0.4) is 0 Å². The van der Waals surface area contributed by atoms with E-state index in [0.29, 0.717) is 5.76 Å². The monoisotopic (exact) mass is 374 g/mol. The number of rotatable bonds is 2. The summed E-state index contributed by atoms with van der Waals surface area (Å²) < 4.78 is 6.26. The van der Waals surface area contributed by atoms with Crippen LogP contribution < -0.4 is 0 Å². The van der Waals surface area contributed by atoms with Crippen LogP contribution in [0.25, 0.3) is 0 Å². The lowest BCUT2D eigenvalue weighted by Gasteiger charge is -2.21. The van der Waals surface area contributed by atoms with Crippen LogP contribution in [0.15, 0.2) is 56.7 Å². The van der Waals surface area contributed by atoms with Crippen LogP contribution in [0.1, 0.15) is 49.4 Å². The van der Waals surface area contributed by atoms with Crippen LogP contribution in [-0.4, -0.2) is 16.6 Å². The molecule has 1 aliphatic rings. The highest BCUT2D eigenvalue weighted by Gasteiger charge is 2.37. The number of hydrogen-bond donors (Lipinski definition) is 0. The second kappa shape index (κ2) is 5.96. The van der Waals surface area contributed by atoms with Crippen molar-refractivity contribution in [2.24, 2.45) is 10.5 Å². The molecule has 0 bridgehead atoms. The number of amides is 1. The second-order valence-electron chi connectivity index (χ2n) is 6.70. The van der Waals surface area contributed by atoms with E-state index in [1.807, 2.05) is 24.3 Å². The number of carbonyl (C=O) groups is 1. The molecule has 3 rings (SSSR count). The molecule has 0 fully saturated rings. The summed E-state index contributed by atoms with van der Waals surface area (Å²) in [5, 5.41) is 6.18. The number of hydrazone groups is 1. The Balaban J connectivity index is 1.99. The molecule has 1 aliphatic heterocycles. The molecule has 2 aromatic rings. The fourth-order valence-electron chi connectivity index (χ4n) is 2.64. The average molecular weight is 375 g/mol. The first-order valence-corrected chi connectivity index (χ1v) is 8.36. The lowest BCUT2D eigenvalue weighted by atomic mass is 9.86. The third-order valence-electron chi connectivity index (χ3n) is 3.95. The Bertz CT molecular complexity index is 745. The van der Waals surface area contributed by atoms with Crippen molar-refractivity contribution in [1.82, 2.24) is 5.01 Å². The molecule has 4 nitrogen and oxygen atoms in total. The highest BCUT2D eigenvalue weighted by Crippen LogP contribution is 2.37. The predicted molar refractivity (Wildman–Crippen MR) is 93.3 cm³/mol. The number of benzene rings is 1. The summed E-state index contributed by atoms with van der Waals surface area (Å²) in [5.74, 6) is 0.100.